The van der Waals surface area contributed by atoms with Crippen LogP contribution in [-0.4, -0.2) is 15.3 Å². The van der Waals surface area contributed by atoms with Crippen LogP contribution in [0.3, 0.4) is 0 Å². The molecule has 0 spiro atoms. The zero-order chi connectivity index (χ0) is 18.1. The van der Waals surface area contributed by atoms with Crippen molar-refractivity contribution in [2.24, 2.45) is 0 Å². The Kier molecular flexibility index (Phi) is 4.59. The van der Waals surface area contributed by atoms with Gasteiger partial charge in [0.25, 0.3) is 11.5 Å². The van der Waals surface area contributed by atoms with E-state index in [1.54, 1.807) is 15.7 Å². The third kappa shape index (κ3) is 3.17. The third-order valence-electron chi connectivity index (χ3n) is 4.87. The van der Waals surface area contributed by atoms with Gasteiger partial charge in [-0.2, -0.15) is 0 Å². The van der Waals surface area contributed by atoms with Gasteiger partial charge in [-0.25, -0.2) is 4.98 Å². The van der Waals surface area contributed by atoms with Crippen molar-refractivity contribution in [3.8, 4) is 0 Å². The predicted molar refractivity (Wildman–Crippen MR) is 103 cm³/mol. The average molecular weight is 367 g/mol. The first kappa shape index (κ1) is 17.0. The Morgan fingerprint density at radius 2 is 1.96 bits per heavy atom. The van der Waals surface area contributed by atoms with Crippen LogP contribution in [0.15, 0.2) is 35.3 Å². The fourth-order valence-electron chi connectivity index (χ4n) is 3.38. The number of aromatic nitrogens is 2. The van der Waals surface area contributed by atoms with Gasteiger partial charge in [-0.3, -0.25) is 14.0 Å². The predicted octanol–water partition coefficient (Wildman–Crippen LogP) is 3.26. The number of nitrogens with zero attached hydrogens (tertiary/aromatic N) is 2. The van der Waals surface area contributed by atoms with Crippen molar-refractivity contribution in [3.05, 3.63) is 68.1 Å². The van der Waals surface area contributed by atoms with E-state index in [2.05, 4.69) is 10.3 Å². The molecule has 1 aliphatic carbocycles. The summed E-state index contributed by atoms with van der Waals surface area (Å²) in [6, 6.07) is 7.96. The van der Waals surface area contributed by atoms with Crippen molar-refractivity contribution in [3.63, 3.8) is 0 Å². The van der Waals surface area contributed by atoms with E-state index in [1.165, 1.54) is 23.1 Å². The molecule has 2 heterocycles. The van der Waals surface area contributed by atoms with Gasteiger partial charge in [0, 0.05) is 23.3 Å². The molecule has 5 nitrogen and oxygen atoms in total. The fourth-order valence-corrected chi connectivity index (χ4v) is 4.55. The highest BCUT2D eigenvalue weighted by atomic mass is 32.1. The molecule has 0 atom stereocenters. The number of benzene rings is 1. The lowest BCUT2D eigenvalue weighted by Crippen LogP contribution is -2.31. The summed E-state index contributed by atoms with van der Waals surface area (Å²) in [6.45, 7) is 2.41. The van der Waals surface area contributed by atoms with Crippen LogP contribution in [0.4, 0.5) is 0 Å². The maximum atomic E-state index is 12.9. The van der Waals surface area contributed by atoms with Crippen LogP contribution in [0.25, 0.3) is 4.96 Å². The molecule has 3 aromatic rings. The smallest absolute Gasteiger partial charge is 0.271 e. The summed E-state index contributed by atoms with van der Waals surface area (Å²) < 4.78 is 1.66. The van der Waals surface area contributed by atoms with Crippen molar-refractivity contribution >= 4 is 22.2 Å². The summed E-state index contributed by atoms with van der Waals surface area (Å²) in [7, 11) is 0. The van der Waals surface area contributed by atoms with E-state index >= 15 is 0 Å². The van der Waals surface area contributed by atoms with Crippen LogP contribution < -0.4 is 10.9 Å². The van der Waals surface area contributed by atoms with Gasteiger partial charge in [0.2, 0.25) is 0 Å². The molecule has 0 radical (unpaired) electrons. The van der Waals surface area contributed by atoms with E-state index in [1.807, 2.05) is 31.2 Å². The fraction of sp³-hybridized carbons (Fsp3) is 0.350. The van der Waals surface area contributed by atoms with E-state index in [-0.39, 0.29) is 17.0 Å². The molecule has 0 bridgehead atoms. The summed E-state index contributed by atoms with van der Waals surface area (Å²) in [5, 5.41) is 2.84. The van der Waals surface area contributed by atoms with Gasteiger partial charge in [-0.05, 0) is 38.2 Å². The van der Waals surface area contributed by atoms with Crippen molar-refractivity contribution in [2.45, 2.75) is 45.6 Å². The molecule has 134 valence electrons. The van der Waals surface area contributed by atoms with Gasteiger partial charge in [-0.15, -0.1) is 11.3 Å². The highest BCUT2D eigenvalue weighted by Gasteiger charge is 2.20. The van der Waals surface area contributed by atoms with E-state index in [9.17, 15) is 9.59 Å². The lowest BCUT2D eigenvalue weighted by atomic mass is 10.1. The number of nitrogens with one attached hydrogen (secondary N) is 1. The SMILES string of the molecule is Cc1ccc(CNC(=O)c2cnc3sc4c(n3c2=O)CCCCC4)cc1. The minimum Gasteiger partial charge on any atom is -0.348 e. The number of amides is 1. The first-order valence-electron chi connectivity index (χ1n) is 8.99. The summed E-state index contributed by atoms with van der Waals surface area (Å²) in [5.74, 6) is -0.369. The second-order valence-electron chi connectivity index (χ2n) is 6.80. The molecule has 1 amide bonds. The highest BCUT2D eigenvalue weighted by molar-refractivity contribution is 7.17. The number of carbonyl (C=O) groups is 1. The number of carbonyl (C=O) groups excluding carboxylic acids is 1. The van der Waals surface area contributed by atoms with Crippen LogP contribution >= 0.6 is 11.3 Å². The molecule has 2 aromatic heterocycles. The molecule has 0 aliphatic heterocycles. The number of hydrogen-bond acceptors (Lipinski definition) is 4. The first-order chi connectivity index (χ1) is 12.6. The molecular formula is C20H21N3O2S. The Bertz CT molecular complexity index is 1020. The minimum absolute atomic E-state index is 0.111. The third-order valence-corrected chi connectivity index (χ3v) is 6.03. The van der Waals surface area contributed by atoms with Crippen LogP contribution in [-0.2, 0) is 19.4 Å². The molecule has 1 aliphatic rings. The molecular weight excluding hydrogens is 346 g/mol. The lowest BCUT2D eigenvalue weighted by molar-refractivity contribution is 0.0949. The maximum Gasteiger partial charge on any atom is 0.271 e. The van der Waals surface area contributed by atoms with Crippen LogP contribution in [0.5, 0.6) is 0 Å². The minimum atomic E-state index is -0.369. The number of aryl methyl sites for hydroxylation is 3. The van der Waals surface area contributed by atoms with E-state index in [0.29, 0.717) is 11.5 Å². The van der Waals surface area contributed by atoms with Crippen molar-refractivity contribution in [1.82, 2.24) is 14.7 Å². The van der Waals surface area contributed by atoms with Gasteiger partial charge in [-0.1, -0.05) is 36.2 Å². The second-order valence-corrected chi connectivity index (χ2v) is 7.86. The van der Waals surface area contributed by atoms with E-state index < -0.39 is 0 Å². The highest BCUT2D eigenvalue weighted by Crippen LogP contribution is 2.27. The normalized spacial score (nSPS) is 14.0. The van der Waals surface area contributed by atoms with Gasteiger partial charge in [0.1, 0.15) is 5.56 Å². The largest absolute Gasteiger partial charge is 0.348 e. The number of thiazole rings is 1. The van der Waals surface area contributed by atoms with Crippen LogP contribution in [0, 0.1) is 6.92 Å². The van der Waals surface area contributed by atoms with Crippen LogP contribution in [0.1, 0.15) is 51.3 Å². The summed E-state index contributed by atoms with van der Waals surface area (Å²) in [5.41, 5.74) is 3.08. The van der Waals surface area contributed by atoms with Crippen molar-refractivity contribution < 1.29 is 4.79 Å². The second kappa shape index (κ2) is 7.03. The molecule has 1 N–H and O–H groups in total. The monoisotopic (exact) mass is 367 g/mol. The van der Waals surface area contributed by atoms with E-state index in [0.717, 1.165) is 36.9 Å². The molecule has 1 aromatic carbocycles. The number of fused-ring (bicyclic) bond motifs is 3. The Hall–Kier alpha value is -2.47. The Morgan fingerprint density at radius 1 is 1.19 bits per heavy atom. The van der Waals surface area contributed by atoms with Gasteiger partial charge in [0.15, 0.2) is 4.96 Å². The first-order valence-corrected chi connectivity index (χ1v) is 9.81. The summed E-state index contributed by atoms with van der Waals surface area (Å²) >= 11 is 1.58. The van der Waals surface area contributed by atoms with Gasteiger partial charge in [0.05, 0.1) is 0 Å². The topological polar surface area (TPSA) is 63.5 Å². The molecule has 0 unspecified atom stereocenters. The number of rotatable bonds is 3. The Morgan fingerprint density at radius 3 is 2.77 bits per heavy atom. The maximum absolute atomic E-state index is 12.9. The Balaban J connectivity index is 1.62. The molecule has 0 saturated heterocycles. The summed E-state index contributed by atoms with van der Waals surface area (Å²) in [4.78, 5) is 31.8. The summed E-state index contributed by atoms with van der Waals surface area (Å²) in [6.07, 6.45) is 6.70. The van der Waals surface area contributed by atoms with Gasteiger partial charge < -0.3 is 5.32 Å². The average Bonchev–Trinajstić information content (AvgIpc) is 2.84. The standard InChI is InChI=1S/C20H21N3O2S/c1-13-7-9-14(10-8-13)11-21-18(24)15-12-22-20-23(19(15)25)16-5-3-2-4-6-17(16)26-20/h7-10,12H,2-6,11H2,1H3,(H,21,24). The van der Waals surface area contributed by atoms with E-state index in [4.69, 9.17) is 0 Å². The molecule has 6 heteroatoms. The number of hydrogen-bond donors (Lipinski definition) is 1. The quantitative estimate of drug-likeness (QED) is 0.723. The Labute approximate surface area is 155 Å². The molecule has 0 fully saturated rings. The van der Waals surface area contributed by atoms with Crippen molar-refractivity contribution in [1.29, 1.82) is 0 Å². The zero-order valence-corrected chi connectivity index (χ0v) is 15.6. The lowest BCUT2D eigenvalue weighted by Gasteiger charge is -2.06. The molecule has 0 saturated carbocycles. The van der Waals surface area contributed by atoms with Gasteiger partial charge >= 0.3 is 0 Å². The zero-order valence-electron chi connectivity index (χ0n) is 14.7. The molecule has 26 heavy (non-hydrogen) atoms. The molecule has 4 rings (SSSR count). The van der Waals surface area contributed by atoms with Crippen LogP contribution in [0.2, 0.25) is 0 Å². The van der Waals surface area contributed by atoms with Crippen molar-refractivity contribution in [2.75, 3.05) is 0 Å².